The van der Waals surface area contributed by atoms with Crippen molar-refractivity contribution in [2.75, 3.05) is 33.3 Å². The summed E-state index contributed by atoms with van der Waals surface area (Å²) in [6.07, 6.45) is 2.88. The molecular weight excluding hydrogens is 236 g/mol. The summed E-state index contributed by atoms with van der Waals surface area (Å²) in [6, 6.07) is 11.3. The van der Waals surface area contributed by atoms with Crippen molar-refractivity contribution < 1.29 is 4.74 Å². The van der Waals surface area contributed by atoms with Crippen molar-refractivity contribution in [1.82, 2.24) is 10.2 Å². The first-order valence-electron chi connectivity index (χ1n) is 7.38. The van der Waals surface area contributed by atoms with E-state index in [1.165, 1.54) is 18.4 Å². The minimum Gasteiger partial charge on any atom is -0.371 e. The lowest BCUT2D eigenvalue weighted by atomic mass is 10.1. The molecule has 0 saturated heterocycles. The standard InChI is InChI=1S/C16H26N2O/c1-3-17-13-16(14-7-5-4-6-8-14)19-12-11-18(2)15-9-10-15/h4-8,15-17H,3,9-13H2,1-2H3. The van der Waals surface area contributed by atoms with Crippen LogP contribution in [0.2, 0.25) is 0 Å². The Hall–Kier alpha value is -0.900. The van der Waals surface area contributed by atoms with Crippen LogP contribution in [0.3, 0.4) is 0 Å². The highest BCUT2D eigenvalue weighted by Gasteiger charge is 2.25. The molecule has 1 fully saturated rings. The van der Waals surface area contributed by atoms with E-state index in [4.69, 9.17) is 4.74 Å². The first kappa shape index (κ1) is 14.5. The van der Waals surface area contributed by atoms with Gasteiger partial charge in [0, 0.05) is 19.1 Å². The van der Waals surface area contributed by atoms with Gasteiger partial charge in [-0.15, -0.1) is 0 Å². The summed E-state index contributed by atoms with van der Waals surface area (Å²) < 4.78 is 6.07. The molecule has 0 spiro atoms. The van der Waals surface area contributed by atoms with Crippen molar-refractivity contribution in [3.8, 4) is 0 Å². The first-order chi connectivity index (χ1) is 9.31. The van der Waals surface area contributed by atoms with Gasteiger partial charge < -0.3 is 15.0 Å². The quantitative estimate of drug-likeness (QED) is 0.740. The third kappa shape index (κ3) is 4.94. The predicted molar refractivity (Wildman–Crippen MR) is 79.3 cm³/mol. The molecule has 19 heavy (non-hydrogen) atoms. The fourth-order valence-electron chi connectivity index (χ4n) is 2.25. The van der Waals surface area contributed by atoms with Gasteiger partial charge in [0.2, 0.25) is 0 Å². The summed E-state index contributed by atoms with van der Waals surface area (Å²) in [7, 11) is 2.20. The normalized spacial score (nSPS) is 16.8. The smallest absolute Gasteiger partial charge is 0.0949 e. The van der Waals surface area contributed by atoms with Crippen LogP contribution in [0.1, 0.15) is 31.4 Å². The summed E-state index contributed by atoms with van der Waals surface area (Å²) in [6.45, 7) is 5.82. The van der Waals surface area contributed by atoms with E-state index in [-0.39, 0.29) is 6.10 Å². The Morgan fingerprint density at radius 1 is 1.32 bits per heavy atom. The van der Waals surface area contributed by atoms with Crippen LogP contribution in [0.25, 0.3) is 0 Å². The van der Waals surface area contributed by atoms with E-state index in [1.807, 2.05) is 0 Å². The number of nitrogens with one attached hydrogen (secondary N) is 1. The predicted octanol–water partition coefficient (Wildman–Crippen LogP) is 2.45. The molecule has 3 heteroatoms. The van der Waals surface area contributed by atoms with Gasteiger partial charge in [0.25, 0.3) is 0 Å². The van der Waals surface area contributed by atoms with Crippen LogP contribution in [-0.4, -0.2) is 44.2 Å². The maximum Gasteiger partial charge on any atom is 0.0949 e. The molecule has 2 rings (SSSR count). The van der Waals surface area contributed by atoms with Crippen molar-refractivity contribution in [3.63, 3.8) is 0 Å². The number of hydrogen-bond acceptors (Lipinski definition) is 3. The van der Waals surface area contributed by atoms with Gasteiger partial charge in [0.05, 0.1) is 12.7 Å². The summed E-state index contributed by atoms with van der Waals surface area (Å²) in [5.41, 5.74) is 1.26. The lowest BCUT2D eigenvalue weighted by molar-refractivity contribution is 0.0397. The molecular formula is C16H26N2O. The molecule has 1 aliphatic carbocycles. The second-order valence-electron chi connectivity index (χ2n) is 5.29. The Kier molecular flexibility index (Phi) is 5.83. The third-order valence-electron chi connectivity index (χ3n) is 3.68. The average molecular weight is 262 g/mol. The second kappa shape index (κ2) is 7.63. The lowest BCUT2D eigenvalue weighted by Gasteiger charge is -2.21. The van der Waals surface area contributed by atoms with Crippen molar-refractivity contribution in [1.29, 1.82) is 0 Å². The Balaban J connectivity index is 1.79. The highest BCUT2D eigenvalue weighted by molar-refractivity contribution is 5.17. The monoisotopic (exact) mass is 262 g/mol. The molecule has 1 aromatic rings. The van der Waals surface area contributed by atoms with Crippen LogP contribution >= 0.6 is 0 Å². The van der Waals surface area contributed by atoms with E-state index >= 15 is 0 Å². The molecule has 0 aliphatic heterocycles. The number of rotatable bonds is 9. The number of benzene rings is 1. The summed E-state index contributed by atoms with van der Waals surface area (Å²) >= 11 is 0. The van der Waals surface area contributed by atoms with Crippen LogP contribution < -0.4 is 5.32 Å². The van der Waals surface area contributed by atoms with Gasteiger partial charge in [-0.25, -0.2) is 0 Å². The molecule has 1 aliphatic rings. The van der Waals surface area contributed by atoms with Gasteiger partial charge in [-0.05, 0) is 32.0 Å². The van der Waals surface area contributed by atoms with Crippen molar-refractivity contribution in [2.45, 2.75) is 31.9 Å². The largest absolute Gasteiger partial charge is 0.371 e. The van der Waals surface area contributed by atoms with E-state index in [2.05, 4.69) is 54.5 Å². The molecule has 1 atom stereocenters. The topological polar surface area (TPSA) is 24.5 Å². The first-order valence-corrected chi connectivity index (χ1v) is 7.38. The zero-order valence-electron chi connectivity index (χ0n) is 12.1. The van der Waals surface area contributed by atoms with E-state index < -0.39 is 0 Å². The number of nitrogens with zero attached hydrogens (tertiary/aromatic N) is 1. The van der Waals surface area contributed by atoms with Gasteiger partial charge in [-0.1, -0.05) is 37.3 Å². The molecule has 1 aromatic carbocycles. The van der Waals surface area contributed by atoms with Crippen molar-refractivity contribution in [3.05, 3.63) is 35.9 Å². The zero-order valence-corrected chi connectivity index (χ0v) is 12.1. The molecule has 0 heterocycles. The van der Waals surface area contributed by atoms with Gasteiger partial charge in [-0.3, -0.25) is 0 Å². The Morgan fingerprint density at radius 2 is 2.05 bits per heavy atom. The van der Waals surface area contributed by atoms with Crippen LogP contribution in [0.4, 0.5) is 0 Å². The van der Waals surface area contributed by atoms with E-state index in [1.54, 1.807) is 0 Å². The maximum absolute atomic E-state index is 6.07. The number of likely N-dealkylation sites (N-methyl/N-ethyl adjacent to an activating group) is 2. The second-order valence-corrected chi connectivity index (χ2v) is 5.29. The van der Waals surface area contributed by atoms with Gasteiger partial charge in [0.15, 0.2) is 0 Å². The van der Waals surface area contributed by atoms with Gasteiger partial charge in [0.1, 0.15) is 0 Å². The molecule has 1 N–H and O–H groups in total. The number of ether oxygens (including phenoxy) is 1. The van der Waals surface area contributed by atoms with E-state index in [9.17, 15) is 0 Å². The summed E-state index contributed by atoms with van der Waals surface area (Å²) in [5.74, 6) is 0. The SMILES string of the molecule is CCNCC(OCCN(C)C1CC1)c1ccccc1. The van der Waals surface area contributed by atoms with Crippen molar-refractivity contribution in [2.24, 2.45) is 0 Å². The molecule has 106 valence electrons. The Labute approximate surface area is 116 Å². The minimum atomic E-state index is 0.161. The maximum atomic E-state index is 6.07. The molecule has 0 bridgehead atoms. The molecule has 1 unspecified atom stereocenters. The van der Waals surface area contributed by atoms with Crippen molar-refractivity contribution >= 4 is 0 Å². The lowest BCUT2D eigenvalue weighted by Crippen LogP contribution is -2.28. The van der Waals surface area contributed by atoms with Crippen LogP contribution in [0, 0.1) is 0 Å². The highest BCUT2D eigenvalue weighted by Crippen LogP contribution is 2.25. The fourth-order valence-corrected chi connectivity index (χ4v) is 2.25. The third-order valence-corrected chi connectivity index (χ3v) is 3.68. The Morgan fingerprint density at radius 3 is 2.68 bits per heavy atom. The fraction of sp³-hybridized carbons (Fsp3) is 0.625. The molecule has 1 saturated carbocycles. The minimum absolute atomic E-state index is 0.161. The van der Waals surface area contributed by atoms with E-state index in [0.717, 1.165) is 32.3 Å². The van der Waals surface area contributed by atoms with Gasteiger partial charge >= 0.3 is 0 Å². The highest BCUT2D eigenvalue weighted by atomic mass is 16.5. The molecule has 0 aromatic heterocycles. The molecule has 0 amide bonds. The zero-order chi connectivity index (χ0) is 13.5. The number of hydrogen-bond donors (Lipinski definition) is 1. The average Bonchev–Trinajstić information content (AvgIpc) is 3.28. The van der Waals surface area contributed by atoms with Crippen LogP contribution in [0.5, 0.6) is 0 Å². The Bertz CT molecular complexity index is 351. The van der Waals surface area contributed by atoms with Crippen LogP contribution in [-0.2, 0) is 4.74 Å². The summed E-state index contributed by atoms with van der Waals surface area (Å²) in [5, 5.41) is 3.38. The summed E-state index contributed by atoms with van der Waals surface area (Å²) in [4.78, 5) is 2.41. The molecule has 0 radical (unpaired) electrons. The molecule has 3 nitrogen and oxygen atoms in total. The van der Waals surface area contributed by atoms with Crippen LogP contribution in [0.15, 0.2) is 30.3 Å². The van der Waals surface area contributed by atoms with E-state index in [0.29, 0.717) is 0 Å². The van der Waals surface area contributed by atoms with Gasteiger partial charge in [-0.2, -0.15) is 0 Å².